The van der Waals surface area contributed by atoms with Gasteiger partial charge in [0.15, 0.2) is 0 Å². The van der Waals surface area contributed by atoms with Crippen molar-refractivity contribution in [1.82, 2.24) is 4.90 Å². The number of methoxy groups -OCH3 is 1. The number of aliphatic hydroxyl groups excluding tert-OH is 1. The Kier molecular flexibility index (Phi) is 6.45. The van der Waals surface area contributed by atoms with Crippen molar-refractivity contribution in [2.45, 2.75) is 31.6 Å². The first-order valence-electron chi connectivity index (χ1n) is 8.94. The van der Waals surface area contributed by atoms with Gasteiger partial charge in [0.05, 0.1) is 26.4 Å². The predicted octanol–water partition coefficient (Wildman–Crippen LogP) is 3.41. The Hall–Kier alpha value is -1.88. The van der Waals surface area contributed by atoms with Crippen LogP contribution in [0.2, 0.25) is 0 Å². The standard InChI is InChI=1S/C21H27NO3/c1-24-21-12-6-5-10-18(21)15-25-16-19(23)14-22-13-7-11-20(22)17-8-3-2-4-9-17/h2-6,8-10,12,19-20,23H,7,11,13-16H2,1H3. The second kappa shape index (κ2) is 8.99. The van der Waals surface area contributed by atoms with Crippen LogP contribution < -0.4 is 4.74 Å². The first-order valence-corrected chi connectivity index (χ1v) is 8.94. The molecule has 1 aliphatic heterocycles. The molecule has 1 saturated heterocycles. The number of β-amino-alcohol motifs (C(OH)–C–C–N with tert-alkyl or cyclic N) is 1. The minimum Gasteiger partial charge on any atom is -0.496 e. The lowest BCUT2D eigenvalue weighted by molar-refractivity contribution is 0.00725. The van der Waals surface area contributed by atoms with Crippen LogP contribution in [0.1, 0.15) is 30.0 Å². The lowest BCUT2D eigenvalue weighted by Crippen LogP contribution is -2.34. The summed E-state index contributed by atoms with van der Waals surface area (Å²) in [6, 6.07) is 18.8. The van der Waals surface area contributed by atoms with E-state index in [1.165, 1.54) is 12.0 Å². The highest BCUT2D eigenvalue weighted by Gasteiger charge is 2.27. The molecule has 1 fully saturated rings. The number of rotatable bonds is 8. The highest BCUT2D eigenvalue weighted by molar-refractivity contribution is 5.32. The van der Waals surface area contributed by atoms with E-state index in [9.17, 15) is 5.11 Å². The average Bonchev–Trinajstić information content (AvgIpc) is 3.11. The van der Waals surface area contributed by atoms with Crippen LogP contribution in [-0.2, 0) is 11.3 Å². The van der Waals surface area contributed by atoms with Crippen molar-refractivity contribution in [2.75, 3.05) is 26.8 Å². The van der Waals surface area contributed by atoms with Crippen molar-refractivity contribution in [3.8, 4) is 5.75 Å². The number of hydrogen-bond acceptors (Lipinski definition) is 4. The third-order valence-electron chi connectivity index (χ3n) is 4.75. The van der Waals surface area contributed by atoms with Crippen molar-refractivity contribution >= 4 is 0 Å². The van der Waals surface area contributed by atoms with Crippen LogP contribution in [0.4, 0.5) is 0 Å². The third kappa shape index (κ3) is 4.82. The highest BCUT2D eigenvalue weighted by atomic mass is 16.5. The number of para-hydroxylation sites is 1. The molecule has 0 aliphatic carbocycles. The van der Waals surface area contributed by atoms with E-state index in [0.717, 1.165) is 24.3 Å². The third-order valence-corrected chi connectivity index (χ3v) is 4.75. The van der Waals surface area contributed by atoms with E-state index < -0.39 is 6.10 Å². The number of ether oxygens (including phenoxy) is 2. The van der Waals surface area contributed by atoms with Crippen molar-refractivity contribution < 1.29 is 14.6 Å². The Labute approximate surface area is 150 Å². The van der Waals surface area contributed by atoms with Gasteiger partial charge in [-0.1, -0.05) is 48.5 Å². The molecule has 0 bridgehead atoms. The highest BCUT2D eigenvalue weighted by Crippen LogP contribution is 2.31. The summed E-state index contributed by atoms with van der Waals surface area (Å²) in [5.41, 5.74) is 2.34. The summed E-state index contributed by atoms with van der Waals surface area (Å²) in [5, 5.41) is 10.4. The molecule has 2 aromatic rings. The maximum absolute atomic E-state index is 10.4. The van der Waals surface area contributed by atoms with E-state index in [2.05, 4.69) is 29.2 Å². The molecule has 2 unspecified atom stereocenters. The molecule has 4 nitrogen and oxygen atoms in total. The molecule has 2 aromatic carbocycles. The molecule has 0 amide bonds. The molecule has 2 atom stereocenters. The van der Waals surface area contributed by atoms with Gasteiger partial charge in [-0.25, -0.2) is 0 Å². The van der Waals surface area contributed by atoms with Gasteiger partial charge >= 0.3 is 0 Å². The van der Waals surface area contributed by atoms with E-state index in [-0.39, 0.29) is 0 Å². The van der Waals surface area contributed by atoms with Gasteiger partial charge in [-0.15, -0.1) is 0 Å². The maximum atomic E-state index is 10.4. The molecule has 1 heterocycles. The fraction of sp³-hybridized carbons (Fsp3) is 0.429. The van der Waals surface area contributed by atoms with Gasteiger partial charge in [-0.05, 0) is 31.0 Å². The lowest BCUT2D eigenvalue weighted by atomic mass is 10.0. The van der Waals surface area contributed by atoms with Crippen molar-refractivity contribution in [2.24, 2.45) is 0 Å². The summed E-state index contributed by atoms with van der Waals surface area (Å²) in [4.78, 5) is 2.37. The van der Waals surface area contributed by atoms with Crippen molar-refractivity contribution in [3.05, 3.63) is 65.7 Å². The summed E-state index contributed by atoms with van der Waals surface area (Å²) in [7, 11) is 1.66. The summed E-state index contributed by atoms with van der Waals surface area (Å²) in [5.74, 6) is 0.820. The number of hydrogen-bond donors (Lipinski definition) is 1. The largest absolute Gasteiger partial charge is 0.496 e. The lowest BCUT2D eigenvalue weighted by Gasteiger charge is -2.27. The summed E-state index contributed by atoms with van der Waals surface area (Å²) >= 11 is 0. The first kappa shape index (κ1) is 17.9. The minimum atomic E-state index is -0.487. The van der Waals surface area contributed by atoms with Crippen LogP contribution in [0.15, 0.2) is 54.6 Å². The second-order valence-corrected chi connectivity index (χ2v) is 6.54. The average molecular weight is 341 g/mol. The number of likely N-dealkylation sites (tertiary alicyclic amines) is 1. The van der Waals surface area contributed by atoms with Gasteiger partial charge in [0, 0.05) is 18.2 Å². The molecular weight excluding hydrogens is 314 g/mol. The molecule has 0 spiro atoms. The fourth-order valence-corrected chi connectivity index (χ4v) is 3.55. The Morgan fingerprint density at radius 1 is 1.12 bits per heavy atom. The maximum Gasteiger partial charge on any atom is 0.124 e. The zero-order valence-electron chi connectivity index (χ0n) is 14.8. The molecule has 0 aromatic heterocycles. The molecule has 134 valence electrons. The van der Waals surface area contributed by atoms with Gasteiger partial charge in [0.25, 0.3) is 0 Å². The Bertz CT molecular complexity index is 647. The summed E-state index contributed by atoms with van der Waals surface area (Å²) < 4.78 is 11.0. The number of nitrogens with zero attached hydrogens (tertiary/aromatic N) is 1. The molecule has 25 heavy (non-hydrogen) atoms. The Balaban J connectivity index is 1.48. The van der Waals surface area contributed by atoms with Crippen LogP contribution in [-0.4, -0.2) is 42.9 Å². The molecule has 3 rings (SSSR count). The van der Waals surface area contributed by atoms with E-state index in [1.54, 1.807) is 7.11 Å². The predicted molar refractivity (Wildman–Crippen MR) is 98.6 cm³/mol. The summed E-state index contributed by atoms with van der Waals surface area (Å²) in [6.07, 6.45) is 1.84. The van der Waals surface area contributed by atoms with Gasteiger partial charge in [0.2, 0.25) is 0 Å². The van der Waals surface area contributed by atoms with Crippen LogP contribution in [0.3, 0.4) is 0 Å². The zero-order valence-corrected chi connectivity index (χ0v) is 14.8. The van der Waals surface area contributed by atoms with E-state index >= 15 is 0 Å². The first-order chi connectivity index (χ1) is 12.3. The van der Waals surface area contributed by atoms with E-state index in [1.807, 2.05) is 30.3 Å². The number of aliphatic hydroxyl groups is 1. The van der Waals surface area contributed by atoms with Crippen LogP contribution in [0.25, 0.3) is 0 Å². The van der Waals surface area contributed by atoms with Gasteiger partial charge in [0.1, 0.15) is 5.75 Å². The number of benzene rings is 2. The quantitative estimate of drug-likeness (QED) is 0.799. The molecule has 4 heteroatoms. The molecule has 0 saturated carbocycles. The topological polar surface area (TPSA) is 41.9 Å². The molecule has 1 N–H and O–H groups in total. The SMILES string of the molecule is COc1ccccc1COCC(O)CN1CCCC1c1ccccc1. The smallest absolute Gasteiger partial charge is 0.124 e. The van der Waals surface area contributed by atoms with Crippen LogP contribution >= 0.6 is 0 Å². The van der Waals surface area contributed by atoms with Crippen LogP contribution in [0, 0.1) is 0 Å². The van der Waals surface area contributed by atoms with E-state index in [4.69, 9.17) is 9.47 Å². The zero-order chi connectivity index (χ0) is 17.5. The molecular formula is C21H27NO3. The van der Waals surface area contributed by atoms with Crippen LogP contribution in [0.5, 0.6) is 5.75 Å². The fourth-order valence-electron chi connectivity index (χ4n) is 3.55. The van der Waals surface area contributed by atoms with E-state index in [0.29, 0.717) is 25.8 Å². The van der Waals surface area contributed by atoms with Crippen molar-refractivity contribution in [1.29, 1.82) is 0 Å². The molecule has 1 aliphatic rings. The Morgan fingerprint density at radius 3 is 2.68 bits per heavy atom. The van der Waals surface area contributed by atoms with Crippen molar-refractivity contribution in [3.63, 3.8) is 0 Å². The van der Waals surface area contributed by atoms with Gasteiger partial charge < -0.3 is 14.6 Å². The Morgan fingerprint density at radius 2 is 1.88 bits per heavy atom. The monoisotopic (exact) mass is 341 g/mol. The van der Waals surface area contributed by atoms with Gasteiger partial charge in [-0.2, -0.15) is 0 Å². The minimum absolute atomic E-state index is 0.329. The summed E-state index contributed by atoms with van der Waals surface area (Å²) in [6.45, 7) is 2.45. The van der Waals surface area contributed by atoms with Gasteiger partial charge in [-0.3, -0.25) is 4.90 Å². The second-order valence-electron chi connectivity index (χ2n) is 6.54. The normalized spacial score (nSPS) is 19.0. The molecule has 0 radical (unpaired) electrons.